The van der Waals surface area contributed by atoms with Crippen LogP contribution in [0.4, 0.5) is 10.5 Å². The highest BCUT2D eigenvalue weighted by molar-refractivity contribution is 7.98. The summed E-state index contributed by atoms with van der Waals surface area (Å²) in [6.45, 7) is 5.17. The van der Waals surface area contributed by atoms with Crippen molar-refractivity contribution in [3.05, 3.63) is 70.3 Å². The normalized spacial score (nSPS) is 12.0. The van der Waals surface area contributed by atoms with Crippen molar-refractivity contribution in [1.29, 1.82) is 0 Å². The number of carbonyl (C=O) groups is 2. The number of nitro benzene ring substituents is 1. The van der Waals surface area contributed by atoms with Crippen LogP contribution in [0.3, 0.4) is 0 Å². The number of benzene rings is 2. The van der Waals surface area contributed by atoms with Crippen molar-refractivity contribution in [3.8, 4) is 5.75 Å². The van der Waals surface area contributed by atoms with Gasteiger partial charge in [-0.15, -0.1) is 0 Å². The average Bonchev–Trinajstić information content (AvgIpc) is 2.67. The minimum Gasteiger partial charge on any atom is -0.444 e. The molecular weight excluding hydrogens is 408 g/mol. The minimum absolute atomic E-state index is 0.114. The van der Waals surface area contributed by atoms with Gasteiger partial charge in [-0.2, -0.15) is 11.8 Å². The molecule has 0 spiro atoms. The number of hydrogen-bond donors (Lipinski definition) is 1. The maximum absolute atomic E-state index is 12.6. The third-order valence-corrected chi connectivity index (χ3v) is 4.74. The van der Waals surface area contributed by atoms with Gasteiger partial charge in [-0.25, -0.2) is 9.59 Å². The Hall–Kier alpha value is -3.07. The second-order valence-electron chi connectivity index (χ2n) is 7.37. The van der Waals surface area contributed by atoms with Crippen LogP contribution in [0.15, 0.2) is 54.6 Å². The van der Waals surface area contributed by atoms with E-state index >= 15 is 0 Å². The highest BCUT2D eigenvalue weighted by Gasteiger charge is 2.26. The number of ether oxygens (including phenoxy) is 2. The first kappa shape index (κ1) is 23.2. The van der Waals surface area contributed by atoms with Crippen molar-refractivity contribution >= 4 is 29.5 Å². The molecule has 2 aromatic rings. The molecular formula is C21H24N2O6S. The third kappa shape index (κ3) is 8.12. The predicted molar refractivity (Wildman–Crippen MR) is 114 cm³/mol. The molecule has 1 N–H and O–H groups in total. The summed E-state index contributed by atoms with van der Waals surface area (Å²) in [5.41, 5.74) is 0.257. The van der Waals surface area contributed by atoms with Crippen LogP contribution in [0.5, 0.6) is 5.75 Å². The van der Waals surface area contributed by atoms with E-state index in [1.165, 1.54) is 36.0 Å². The van der Waals surface area contributed by atoms with Crippen molar-refractivity contribution in [2.24, 2.45) is 0 Å². The van der Waals surface area contributed by atoms with Gasteiger partial charge in [0.15, 0.2) is 0 Å². The lowest BCUT2D eigenvalue weighted by molar-refractivity contribution is -0.384. The monoisotopic (exact) mass is 432 g/mol. The van der Waals surface area contributed by atoms with E-state index in [1.807, 2.05) is 30.3 Å². The summed E-state index contributed by atoms with van der Waals surface area (Å²) in [6.07, 6.45) is -0.728. The van der Waals surface area contributed by atoms with E-state index in [9.17, 15) is 19.7 Å². The highest BCUT2D eigenvalue weighted by atomic mass is 32.2. The molecule has 0 aliphatic rings. The van der Waals surface area contributed by atoms with Gasteiger partial charge in [-0.05, 0) is 38.5 Å². The smallest absolute Gasteiger partial charge is 0.408 e. The number of rotatable bonds is 8. The number of thioether (sulfide) groups is 1. The lowest BCUT2D eigenvalue weighted by Crippen LogP contribution is -2.46. The molecule has 2 rings (SSSR count). The Bertz CT molecular complexity index is 865. The van der Waals surface area contributed by atoms with Crippen LogP contribution in [-0.2, 0) is 15.3 Å². The molecule has 0 saturated heterocycles. The Kier molecular flexibility index (Phi) is 8.23. The van der Waals surface area contributed by atoms with E-state index in [0.717, 1.165) is 5.56 Å². The van der Waals surface area contributed by atoms with Gasteiger partial charge in [0.2, 0.25) is 0 Å². The van der Waals surface area contributed by atoms with Crippen molar-refractivity contribution in [2.75, 3.05) is 5.75 Å². The lowest BCUT2D eigenvalue weighted by Gasteiger charge is -2.22. The Morgan fingerprint density at radius 1 is 1.10 bits per heavy atom. The van der Waals surface area contributed by atoms with E-state index < -0.39 is 28.6 Å². The molecule has 9 heteroatoms. The Labute approximate surface area is 179 Å². The molecule has 160 valence electrons. The Morgan fingerprint density at radius 3 is 2.30 bits per heavy atom. The average molecular weight is 432 g/mol. The summed E-state index contributed by atoms with van der Waals surface area (Å²) in [5, 5.41) is 13.3. The van der Waals surface area contributed by atoms with Crippen LogP contribution in [0.25, 0.3) is 0 Å². The van der Waals surface area contributed by atoms with Crippen LogP contribution < -0.4 is 10.1 Å². The van der Waals surface area contributed by atoms with Crippen molar-refractivity contribution in [2.45, 2.75) is 38.2 Å². The topological polar surface area (TPSA) is 108 Å². The third-order valence-electron chi connectivity index (χ3n) is 3.64. The molecule has 0 heterocycles. The zero-order valence-corrected chi connectivity index (χ0v) is 17.8. The number of carbonyl (C=O) groups excluding carboxylic acids is 2. The van der Waals surface area contributed by atoms with E-state index in [1.54, 1.807) is 20.8 Å². The second-order valence-corrected chi connectivity index (χ2v) is 8.40. The molecule has 0 aliphatic heterocycles. The maximum atomic E-state index is 12.6. The van der Waals surface area contributed by atoms with Gasteiger partial charge in [0.05, 0.1) is 4.92 Å². The number of non-ortho nitro benzene ring substituents is 1. The van der Waals surface area contributed by atoms with Gasteiger partial charge in [0, 0.05) is 23.6 Å². The Morgan fingerprint density at radius 2 is 1.73 bits per heavy atom. The standard InChI is InChI=1S/C21H24N2O6S/c1-21(2,3)29-20(25)22-18(14-30-13-15-7-5-4-6-8-15)19(24)28-17-11-9-16(10-12-17)23(26)27/h4-12,18H,13-14H2,1-3H3,(H,22,25)/t18-/m1/s1. The van der Waals surface area contributed by atoms with E-state index in [0.29, 0.717) is 5.75 Å². The minimum atomic E-state index is -0.955. The lowest BCUT2D eigenvalue weighted by atomic mass is 10.2. The van der Waals surface area contributed by atoms with Gasteiger partial charge in [-0.3, -0.25) is 10.1 Å². The molecule has 8 nitrogen and oxygen atoms in total. The number of nitrogens with one attached hydrogen (secondary N) is 1. The fourth-order valence-electron chi connectivity index (χ4n) is 2.31. The van der Waals surface area contributed by atoms with Crippen molar-refractivity contribution < 1.29 is 24.0 Å². The molecule has 0 aliphatic carbocycles. The first-order chi connectivity index (χ1) is 14.1. The van der Waals surface area contributed by atoms with Gasteiger partial charge >= 0.3 is 12.1 Å². The summed E-state index contributed by atoms with van der Waals surface area (Å²) in [6, 6.07) is 13.9. The number of amides is 1. The van der Waals surface area contributed by atoms with Crippen molar-refractivity contribution in [1.82, 2.24) is 5.32 Å². The van der Waals surface area contributed by atoms with Crippen LogP contribution >= 0.6 is 11.8 Å². The molecule has 1 atom stereocenters. The number of alkyl carbamates (subject to hydrolysis) is 1. The van der Waals surface area contributed by atoms with Gasteiger partial charge < -0.3 is 14.8 Å². The maximum Gasteiger partial charge on any atom is 0.408 e. The molecule has 0 bridgehead atoms. The summed E-state index contributed by atoms with van der Waals surface area (Å²) in [7, 11) is 0. The molecule has 0 aromatic heterocycles. The summed E-state index contributed by atoms with van der Waals surface area (Å²) < 4.78 is 10.5. The van der Waals surface area contributed by atoms with Crippen LogP contribution in [-0.4, -0.2) is 34.4 Å². The molecule has 0 fully saturated rings. The van der Waals surface area contributed by atoms with Crippen LogP contribution in [0, 0.1) is 10.1 Å². The fraction of sp³-hybridized carbons (Fsp3) is 0.333. The van der Waals surface area contributed by atoms with E-state index in [4.69, 9.17) is 9.47 Å². The number of hydrogen-bond acceptors (Lipinski definition) is 7. The second kappa shape index (κ2) is 10.6. The van der Waals surface area contributed by atoms with E-state index in [-0.39, 0.29) is 17.2 Å². The molecule has 2 aromatic carbocycles. The van der Waals surface area contributed by atoms with Crippen LogP contribution in [0.2, 0.25) is 0 Å². The first-order valence-corrected chi connectivity index (χ1v) is 10.4. The Balaban J connectivity index is 2.03. The number of nitro groups is 1. The van der Waals surface area contributed by atoms with Gasteiger partial charge in [0.1, 0.15) is 17.4 Å². The number of nitrogens with zero attached hydrogens (tertiary/aromatic N) is 1. The quantitative estimate of drug-likeness (QED) is 0.286. The molecule has 1 amide bonds. The van der Waals surface area contributed by atoms with Gasteiger partial charge in [-0.1, -0.05) is 30.3 Å². The summed E-state index contributed by atoms with van der Waals surface area (Å²) >= 11 is 1.46. The molecule has 0 unspecified atom stereocenters. The summed E-state index contributed by atoms with van der Waals surface area (Å²) in [4.78, 5) is 35.0. The fourth-order valence-corrected chi connectivity index (χ4v) is 3.31. The molecule has 30 heavy (non-hydrogen) atoms. The highest BCUT2D eigenvalue weighted by Crippen LogP contribution is 2.19. The van der Waals surface area contributed by atoms with Gasteiger partial charge in [0.25, 0.3) is 5.69 Å². The molecule has 0 saturated carbocycles. The number of esters is 1. The first-order valence-electron chi connectivity index (χ1n) is 9.21. The molecule has 0 radical (unpaired) electrons. The summed E-state index contributed by atoms with van der Waals surface area (Å²) in [5.74, 6) is 0.378. The SMILES string of the molecule is CC(C)(C)OC(=O)N[C@H](CSCc1ccccc1)C(=O)Oc1ccc([N+](=O)[O-])cc1. The zero-order valence-electron chi connectivity index (χ0n) is 17.0. The van der Waals surface area contributed by atoms with Crippen LogP contribution in [0.1, 0.15) is 26.3 Å². The predicted octanol–water partition coefficient (Wildman–Crippen LogP) is 4.33. The van der Waals surface area contributed by atoms with Crippen molar-refractivity contribution in [3.63, 3.8) is 0 Å². The largest absolute Gasteiger partial charge is 0.444 e. The van der Waals surface area contributed by atoms with E-state index in [2.05, 4.69) is 5.32 Å². The zero-order chi connectivity index (χ0) is 22.1.